The first-order chi connectivity index (χ1) is 7.72. The molecule has 3 unspecified atom stereocenters. The van der Waals surface area contributed by atoms with Crippen LogP contribution in [0.15, 0.2) is 11.4 Å². The lowest BCUT2D eigenvalue weighted by Crippen LogP contribution is -2.35. The van der Waals surface area contributed by atoms with E-state index < -0.39 is 0 Å². The monoisotopic (exact) mass is 273 g/mol. The van der Waals surface area contributed by atoms with Gasteiger partial charge < -0.3 is 5.32 Å². The predicted molar refractivity (Wildman–Crippen MR) is 79.0 cm³/mol. The molecule has 0 bridgehead atoms. The number of thioether (sulfide) groups is 2. The fraction of sp³-hybridized carbons (Fsp3) is 0.667. The second-order valence-corrected chi connectivity index (χ2v) is 8.05. The largest absolute Gasteiger partial charge is 0.312 e. The number of thiophene rings is 1. The smallest absolute Gasteiger partial charge is 0.0457 e. The SMILES string of the molecule is CNC(c1csc(C)c1)C1SCCSC1C. The lowest BCUT2D eigenvalue weighted by Gasteiger charge is -2.34. The minimum absolute atomic E-state index is 0.512. The third-order valence-electron chi connectivity index (χ3n) is 2.99. The molecule has 16 heavy (non-hydrogen) atoms. The van der Waals surface area contributed by atoms with Crippen molar-refractivity contribution in [2.75, 3.05) is 18.6 Å². The Morgan fingerprint density at radius 2 is 2.12 bits per heavy atom. The average molecular weight is 273 g/mol. The van der Waals surface area contributed by atoms with Gasteiger partial charge in [-0.05, 0) is 31.0 Å². The third-order valence-corrected chi connectivity index (χ3v) is 7.06. The van der Waals surface area contributed by atoms with Crippen molar-refractivity contribution in [1.29, 1.82) is 0 Å². The second kappa shape index (κ2) is 5.80. The highest BCUT2D eigenvalue weighted by atomic mass is 32.2. The van der Waals surface area contributed by atoms with Gasteiger partial charge in [-0.3, -0.25) is 0 Å². The fourth-order valence-corrected chi connectivity index (χ4v) is 5.89. The number of hydrogen-bond donors (Lipinski definition) is 1. The van der Waals surface area contributed by atoms with Gasteiger partial charge in [-0.1, -0.05) is 6.92 Å². The molecule has 2 heterocycles. The molecule has 0 aliphatic carbocycles. The molecule has 1 aliphatic heterocycles. The van der Waals surface area contributed by atoms with Gasteiger partial charge in [0, 0.05) is 32.9 Å². The third kappa shape index (κ3) is 2.78. The van der Waals surface area contributed by atoms with Crippen LogP contribution in [0.5, 0.6) is 0 Å². The van der Waals surface area contributed by atoms with Crippen LogP contribution < -0.4 is 5.32 Å². The molecule has 0 spiro atoms. The Labute approximate surface area is 111 Å². The number of hydrogen-bond acceptors (Lipinski definition) is 4. The van der Waals surface area contributed by atoms with Crippen LogP contribution in [-0.4, -0.2) is 29.1 Å². The van der Waals surface area contributed by atoms with E-state index in [1.54, 1.807) is 0 Å². The van der Waals surface area contributed by atoms with Gasteiger partial charge in [-0.2, -0.15) is 23.5 Å². The van der Waals surface area contributed by atoms with E-state index >= 15 is 0 Å². The van der Waals surface area contributed by atoms with E-state index in [9.17, 15) is 0 Å². The summed E-state index contributed by atoms with van der Waals surface area (Å²) in [7, 11) is 2.09. The predicted octanol–water partition coefficient (Wildman–Crippen LogP) is 3.55. The van der Waals surface area contributed by atoms with Gasteiger partial charge in [0.15, 0.2) is 0 Å². The number of aryl methyl sites for hydroxylation is 1. The molecule has 1 fully saturated rings. The molecule has 1 aliphatic rings. The topological polar surface area (TPSA) is 12.0 Å². The van der Waals surface area contributed by atoms with E-state index in [0.717, 1.165) is 5.25 Å². The maximum Gasteiger partial charge on any atom is 0.0457 e. The van der Waals surface area contributed by atoms with Crippen molar-refractivity contribution in [3.8, 4) is 0 Å². The summed E-state index contributed by atoms with van der Waals surface area (Å²) < 4.78 is 0. The first kappa shape index (κ1) is 12.8. The Morgan fingerprint density at radius 3 is 2.69 bits per heavy atom. The van der Waals surface area contributed by atoms with Crippen molar-refractivity contribution in [3.63, 3.8) is 0 Å². The van der Waals surface area contributed by atoms with Gasteiger partial charge in [0.05, 0.1) is 0 Å². The van der Waals surface area contributed by atoms with E-state index in [1.807, 2.05) is 11.3 Å². The van der Waals surface area contributed by atoms with Crippen LogP contribution in [0.3, 0.4) is 0 Å². The van der Waals surface area contributed by atoms with Gasteiger partial charge in [0.1, 0.15) is 0 Å². The molecule has 1 nitrogen and oxygen atoms in total. The molecule has 1 aromatic rings. The quantitative estimate of drug-likeness (QED) is 0.904. The molecule has 1 aromatic heterocycles. The first-order valence-corrected chi connectivity index (χ1v) is 8.65. The summed E-state index contributed by atoms with van der Waals surface area (Å²) in [6, 6.07) is 2.84. The van der Waals surface area contributed by atoms with Gasteiger partial charge in [0.25, 0.3) is 0 Å². The highest BCUT2D eigenvalue weighted by molar-refractivity contribution is 8.07. The molecular weight excluding hydrogens is 254 g/mol. The summed E-state index contributed by atoms with van der Waals surface area (Å²) in [5.74, 6) is 2.60. The Kier molecular flexibility index (Phi) is 4.65. The Bertz CT molecular complexity index is 337. The van der Waals surface area contributed by atoms with E-state index in [-0.39, 0.29) is 0 Å². The van der Waals surface area contributed by atoms with Crippen LogP contribution in [-0.2, 0) is 0 Å². The highest BCUT2D eigenvalue weighted by Gasteiger charge is 2.30. The molecule has 90 valence electrons. The van der Waals surface area contributed by atoms with Crippen molar-refractivity contribution < 1.29 is 0 Å². The number of rotatable bonds is 3. The van der Waals surface area contributed by atoms with Gasteiger partial charge >= 0.3 is 0 Å². The first-order valence-electron chi connectivity index (χ1n) is 5.68. The van der Waals surface area contributed by atoms with Crippen molar-refractivity contribution in [2.24, 2.45) is 0 Å². The zero-order chi connectivity index (χ0) is 11.5. The maximum absolute atomic E-state index is 3.50. The maximum atomic E-state index is 3.50. The summed E-state index contributed by atoms with van der Waals surface area (Å²) >= 11 is 6.10. The molecular formula is C12H19NS3. The Balaban J connectivity index is 2.14. The van der Waals surface area contributed by atoms with Crippen LogP contribution >= 0.6 is 34.9 Å². The van der Waals surface area contributed by atoms with E-state index in [2.05, 4.69) is 61.2 Å². The molecule has 1 saturated heterocycles. The average Bonchev–Trinajstić information content (AvgIpc) is 2.69. The Morgan fingerprint density at radius 1 is 1.38 bits per heavy atom. The molecule has 0 aromatic carbocycles. The van der Waals surface area contributed by atoms with Gasteiger partial charge in [0.2, 0.25) is 0 Å². The zero-order valence-corrected chi connectivity index (χ0v) is 12.5. The lowest BCUT2D eigenvalue weighted by molar-refractivity contribution is 0.562. The van der Waals surface area contributed by atoms with Crippen LogP contribution in [0.25, 0.3) is 0 Å². The van der Waals surface area contributed by atoms with Gasteiger partial charge in [-0.15, -0.1) is 11.3 Å². The van der Waals surface area contributed by atoms with Crippen LogP contribution in [0.4, 0.5) is 0 Å². The summed E-state index contributed by atoms with van der Waals surface area (Å²) in [4.78, 5) is 1.41. The van der Waals surface area contributed by atoms with E-state index in [0.29, 0.717) is 11.3 Å². The molecule has 2 rings (SSSR count). The van der Waals surface area contributed by atoms with E-state index in [1.165, 1.54) is 21.9 Å². The molecule has 4 heteroatoms. The zero-order valence-electron chi connectivity index (χ0n) is 10.0. The molecule has 0 amide bonds. The van der Waals surface area contributed by atoms with Crippen molar-refractivity contribution in [2.45, 2.75) is 30.4 Å². The summed E-state index contributed by atoms with van der Waals surface area (Å²) in [6.07, 6.45) is 0. The molecule has 1 N–H and O–H groups in total. The van der Waals surface area contributed by atoms with Gasteiger partial charge in [-0.25, -0.2) is 0 Å². The molecule has 0 saturated carbocycles. The highest BCUT2D eigenvalue weighted by Crippen LogP contribution is 2.39. The van der Waals surface area contributed by atoms with Crippen molar-refractivity contribution in [3.05, 3.63) is 21.9 Å². The lowest BCUT2D eigenvalue weighted by atomic mass is 10.0. The summed E-state index contributed by atoms with van der Waals surface area (Å²) in [5.41, 5.74) is 1.47. The normalized spacial score (nSPS) is 27.9. The minimum Gasteiger partial charge on any atom is -0.312 e. The Hall–Kier alpha value is 0.360. The summed E-state index contributed by atoms with van der Waals surface area (Å²) in [6.45, 7) is 4.55. The number of nitrogens with one attached hydrogen (secondary N) is 1. The van der Waals surface area contributed by atoms with Crippen LogP contribution in [0.1, 0.15) is 23.4 Å². The van der Waals surface area contributed by atoms with Crippen molar-refractivity contribution in [1.82, 2.24) is 5.32 Å². The molecule has 0 radical (unpaired) electrons. The van der Waals surface area contributed by atoms with Crippen LogP contribution in [0, 0.1) is 6.92 Å². The fourth-order valence-electron chi connectivity index (χ4n) is 2.16. The molecule has 3 atom stereocenters. The standard InChI is InChI=1S/C12H19NS3/c1-8-6-10(7-16-8)11(13-3)12-9(2)14-4-5-15-12/h6-7,9,11-13H,4-5H2,1-3H3. The van der Waals surface area contributed by atoms with Crippen LogP contribution in [0.2, 0.25) is 0 Å². The van der Waals surface area contributed by atoms with E-state index in [4.69, 9.17) is 0 Å². The minimum atomic E-state index is 0.512. The van der Waals surface area contributed by atoms with Crippen molar-refractivity contribution >= 4 is 34.9 Å². The second-order valence-electron chi connectivity index (χ2n) is 4.17. The summed E-state index contributed by atoms with van der Waals surface area (Å²) in [5, 5.41) is 7.27.